The van der Waals surface area contributed by atoms with Crippen molar-refractivity contribution in [1.82, 2.24) is 0 Å². The van der Waals surface area contributed by atoms with E-state index in [1.807, 2.05) is 6.08 Å². The van der Waals surface area contributed by atoms with Crippen LogP contribution in [0.4, 0.5) is 0 Å². The van der Waals surface area contributed by atoms with E-state index in [4.69, 9.17) is 5.73 Å². The molecular weight excluding hydrogens is 242 g/mol. The second kappa shape index (κ2) is 4.03. The molecule has 3 aliphatic carbocycles. The lowest BCUT2D eigenvalue weighted by Gasteiger charge is -2.32. The van der Waals surface area contributed by atoms with Crippen molar-refractivity contribution in [3.8, 4) is 0 Å². The minimum absolute atomic E-state index is 0.0313. The number of rotatable bonds is 0. The first-order valence-corrected chi connectivity index (χ1v) is 6.41. The number of Topliss-reactive ketones (excluding diaryl/α,β-unsaturated/α-hetero) is 2. The summed E-state index contributed by atoms with van der Waals surface area (Å²) < 4.78 is 0. The Morgan fingerprint density at radius 3 is 2.74 bits per heavy atom. The Hall–Kier alpha value is -1.94. The zero-order valence-electron chi connectivity index (χ0n) is 10.6. The number of hydrogen-bond acceptors (Lipinski definition) is 4. The molecular formula is C15H15NO3. The van der Waals surface area contributed by atoms with Gasteiger partial charge in [-0.3, -0.25) is 9.59 Å². The minimum atomic E-state index is -0.614. The molecule has 0 amide bonds. The van der Waals surface area contributed by atoms with Gasteiger partial charge in [-0.25, -0.2) is 0 Å². The predicted octanol–water partition coefficient (Wildman–Crippen LogP) is 1.50. The maximum absolute atomic E-state index is 12.5. The maximum atomic E-state index is 12.5. The molecule has 3 N–H and O–H groups in total. The number of carbonyl (C=O) groups excluding carboxylic acids is 2. The molecule has 4 nitrogen and oxygen atoms in total. The highest BCUT2D eigenvalue weighted by Crippen LogP contribution is 2.38. The van der Waals surface area contributed by atoms with Gasteiger partial charge in [0.25, 0.3) is 0 Å². The first-order valence-electron chi connectivity index (χ1n) is 6.41. The molecule has 0 aliphatic heterocycles. The second-order valence-corrected chi connectivity index (χ2v) is 5.20. The van der Waals surface area contributed by atoms with Crippen molar-refractivity contribution in [3.63, 3.8) is 0 Å². The lowest BCUT2D eigenvalue weighted by atomic mass is 9.72. The van der Waals surface area contributed by atoms with E-state index in [-0.39, 0.29) is 23.2 Å². The van der Waals surface area contributed by atoms with Gasteiger partial charge in [0.1, 0.15) is 5.76 Å². The molecule has 0 saturated heterocycles. The highest BCUT2D eigenvalue weighted by Gasteiger charge is 2.40. The van der Waals surface area contributed by atoms with Gasteiger partial charge in [-0.2, -0.15) is 0 Å². The summed E-state index contributed by atoms with van der Waals surface area (Å²) in [6.07, 6.45) is 6.35. The van der Waals surface area contributed by atoms with Crippen molar-refractivity contribution >= 4 is 11.6 Å². The van der Waals surface area contributed by atoms with Crippen LogP contribution in [0.3, 0.4) is 0 Å². The summed E-state index contributed by atoms with van der Waals surface area (Å²) in [4.78, 5) is 25.0. The van der Waals surface area contributed by atoms with Crippen molar-refractivity contribution in [2.45, 2.75) is 25.8 Å². The maximum Gasteiger partial charge on any atom is 0.193 e. The van der Waals surface area contributed by atoms with Gasteiger partial charge in [-0.15, -0.1) is 0 Å². The average Bonchev–Trinajstić information content (AvgIpc) is 2.42. The van der Waals surface area contributed by atoms with Crippen LogP contribution in [0.15, 0.2) is 46.3 Å². The molecule has 98 valence electrons. The molecule has 0 radical (unpaired) electrons. The van der Waals surface area contributed by atoms with Crippen LogP contribution in [0.5, 0.6) is 0 Å². The van der Waals surface area contributed by atoms with Gasteiger partial charge in [0.2, 0.25) is 0 Å². The summed E-state index contributed by atoms with van der Waals surface area (Å²) in [5, 5.41) is 9.79. The van der Waals surface area contributed by atoms with Crippen LogP contribution in [0.25, 0.3) is 0 Å². The summed E-state index contributed by atoms with van der Waals surface area (Å²) in [5.41, 5.74) is 7.70. The summed E-state index contributed by atoms with van der Waals surface area (Å²) in [5.74, 6) is -0.626. The van der Waals surface area contributed by atoms with E-state index in [9.17, 15) is 14.7 Å². The van der Waals surface area contributed by atoms with Gasteiger partial charge < -0.3 is 10.8 Å². The molecule has 0 bridgehead atoms. The largest absolute Gasteiger partial charge is 0.511 e. The van der Waals surface area contributed by atoms with Gasteiger partial charge in [-0.05, 0) is 18.9 Å². The Morgan fingerprint density at radius 1 is 1.26 bits per heavy atom. The number of ketones is 2. The third kappa shape index (κ3) is 1.56. The zero-order chi connectivity index (χ0) is 13.7. The van der Waals surface area contributed by atoms with Crippen LogP contribution in [-0.4, -0.2) is 22.7 Å². The molecule has 4 heteroatoms. The second-order valence-electron chi connectivity index (χ2n) is 5.20. The summed E-state index contributed by atoms with van der Waals surface area (Å²) in [6.45, 7) is 1.78. The molecule has 0 saturated carbocycles. The van der Waals surface area contributed by atoms with E-state index in [1.54, 1.807) is 13.0 Å². The Bertz CT molecular complexity index is 619. The van der Waals surface area contributed by atoms with Crippen LogP contribution in [0.1, 0.15) is 19.8 Å². The van der Waals surface area contributed by atoms with Gasteiger partial charge in [0.15, 0.2) is 11.6 Å². The Labute approximate surface area is 111 Å². The van der Waals surface area contributed by atoms with E-state index >= 15 is 0 Å². The topological polar surface area (TPSA) is 80.4 Å². The van der Waals surface area contributed by atoms with Crippen LogP contribution < -0.4 is 5.73 Å². The fraction of sp³-hybridized carbons (Fsp3) is 0.333. The van der Waals surface area contributed by atoms with Gasteiger partial charge in [0.05, 0.1) is 6.04 Å². The molecule has 3 rings (SSSR count). The van der Waals surface area contributed by atoms with Crippen molar-refractivity contribution in [2.24, 2.45) is 11.7 Å². The van der Waals surface area contributed by atoms with Crippen LogP contribution in [-0.2, 0) is 9.59 Å². The highest BCUT2D eigenvalue weighted by atomic mass is 16.3. The quantitative estimate of drug-likeness (QED) is 0.644. The summed E-state index contributed by atoms with van der Waals surface area (Å²) in [7, 11) is 0. The van der Waals surface area contributed by atoms with Gasteiger partial charge in [0, 0.05) is 28.2 Å². The van der Waals surface area contributed by atoms with Crippen molar-refractivity contribution < 1.29 is 14.7 Å². The average molecular weight is 257 g/mol. The minimum Gasteiger partial charge on any atom is -0.511 e. The number of carbonyl (C=O) groups is 2. The van der Waals surface area contributed by atoms with E-state index in [1.165, 1.54) is 6.08 Å². The predicted molar refractivity (Wildman–Crippen MR) is 70.3 cm³/mol. The standard InChI is InChI=1S/C15H15NO3/c1-7-12-10(6-11(17)13(7)16)14(18)8-4-2-3-5-9(8)15(12)19/h2,4,6-7,13,17H,3,5,16H2,1H3/t7-,13?/m1/s1. The van der Waals surface area contributed by atoms with E-state index in [0.29, 0.717) is 28.7 Å². The molecule has 19 heavy (non-hydrogen) atoms. The van der Waals surface area contributed by atoms with Crippen LogP contribution in [0, 0.1) is 5.92 Å². The first-order chi connectivity index (χ1) is 9.02. The summed E-state index contributed by atoms with van der Waals surface area (Å²) >= 11 is 0. The molecule has 0 aromatic heterocycles. The van der Waals surface area contributed by atoms with Crippen LogP contribution in [0.2, 0.25) is 0 Å². The Balaban J connectivity index is 2.18. The number of nitrogens with two attached hydrogens (primary N) is 1. The molecule has 0 aromatic rings. The van der Waals surface area contributed by atoms with E-state index < -0.39 is 6.04 Å². The normalized spacial score (nSPS) is 30.3. The smallest absolute Gasteiger partial charge is 0.193 e. The lowest BCUT2D eigenvalue weighted by molar-refractivity contribution is -0.116. The highest BCUT2D eigenvalue weighted by molar-refractivity contribution is 6.28. The van der Waals surface area contributed by atoms with Crippen molar-refractivity contribution in [2.75, 3.05) is 0 Å². The number of aliphatic hydroxyl groups is 1. The lowest BCUT2D eigenvalue weighted by Crippen LogP contribution is -2.40. The third-order valence-electron chi connectivity index (χ3n) is 4.10. The van der Waals surface area contributed by atoms with E-state index in [2.05, 4.69) is 0 Å². The summed E-state index contributed by atoms with van der Waals surface area (Å²) in [6, 6.07) is -0.614. The van der Waals surface area contributed by atoms with Gasteiger partial charge >= 0.3 is 0 Å². The molecule has 0 aromatic carbocycles. The number of allylic oxidation sites excluding steroid dienone is 6. The molecule has 0 fully saturated rings. The Morgan fingerprint density at radius 2 is 2.00 bits per heavy atom. The third-order valence-corrected chi connectivity index (χ3v) is 4.10. The molecule has 0 heterocycles. The fourth-order valence-corrected chi connectivity index (χ4v) is 2.94. The van der Waals surface area contributed by atoms with Crippen LogP contribution >= 0.6 is 0 Å². The fourth-order valence-electron chi connectivity index (χ4n) is 2.94. The first kappa shape index (κ1) is 12.1. The van der Waals surface area contributed by atoms with Gasteiger partial charge in [-0.1, -0.05) is 19.1 Å². The molecule has 2 atom stereocenters. The molecule has 1 unspecified atom stereocenters. The monoisotopic (exact) mass is 257 g/mol. The number of hydrogen-bond donors (Lipinski definition) is 2. The Kier molecular flexibility index (Phi) is 2.57. The SMILES string of the molecule is C[C@@H]1C2=C(C=C(O)C1N)C(=O)C1=C(CCC=C1)C2=O. The number of aliphatic hydroxyl groups excluding tert-OH is 1. The zero-order valence-corrected chi connectivity index (χ0v) is 10.6. The molecule has 0 spiro atoms. The van der Waals surface area contributed by atoms with Crippen molar-refractivity contribution in [1.29, 1.82) is 0 Å². The van der Waals surface area contributed by atoms with Crippen molar-refractivity contribution in [3.05, 3.63) is 46.3 Å². The van der Waals surface area contributed by atoms with E-state index in [0.717, 1.165) is 6.42 Å². The molecule has 3 aliphatic rings.